The number of rotatable bonds is 4. The Labute approximate surface area is 135 Å². The molecule has 0 aliphatic heterocycles. The fourth-order valence-electron chi connectivity index (χ4n) is 2.23. The molecule has 0 spiro atoms. The molecule has 0 aliphatic rings. The van der Waals surface area contributed by atoms with E-state index in [-0.39, 0.29) is 9.79 Å². The first-order chi connectivity index (χ1) is 11.1. The Bertz CT molecular complexity index is 908. The van der Waals surface area contributed by atoms with Crippen LogP contribution in [0.2, 0.25) is 0 Å². The van der Waals surface area contributed by atoms with Crippen molar-refractivity contribution in [3.63, 3.8) is 0 Å². The summed E-state index contributed by atoms with van der Waals surface area (Å²) in [5, 5.41) is 3.17. The monoisotopic (exact) mass is 324 g/mol. The average molecular weight is 324 g/mol. The lowest BCUT2D eigenvalue weighted by molar-refractivity contribution is 0.596. The van der Waals surface area contributed by atoms with E-state index in [9.17, 15) is 8.42 Å². The second kappa shape index (κ2) is 6.14. The summed E-state index contributed by atoms with van der Waals surface area (Å²) in [6.07, 6.45) is 0. The molecule has 116 valence electrons. The van der Waals surface area contributed by atoms with Gasteiger partial charge in [-0.25, -0.2) is 8.42 Å². The highest BCUT2D eigenvalue weighted by Crippen LogP contribution is 2.28. The van der Waals surface area contributed by atoms with Crippen molar-refractivity contribution in [3.8, 4) is 0 Å². The van der Waals surface area contributed by atoms with E-state index in [2.05, 4.69) is 5.32 Å². The van der Waals surface area contributed by atoms with E-state index in [4.69, 9.17) is 5.73 Å². The Balaban J connectivity index is 1.94. The number of sulfone groups is 1. The second-order valence-electron chi connectivity index (χ2n) is 5.06. The van der Waals surface area contributed by atoms with Crippen LogP contribution in [0.5, 0.6) is 0 Å². The molecule has 5 heteroatoms. The van der Waals surface area contributed by atoms with Gasteiger partial charge in [0.15, 0.2) is 0 Å². The Morgan fingerprint density at radius 2 is 1.35 bits per heavy atom. The van der Waals surface area contributed by atoms with E-state index in [0.717, 1.165) is 5.69 Å². The van der Waals surface area contributed by atoms with Gasteiger partial charge >= 0.3 is 0 Å². The lowest BCUT2D eigenvalue weighted by atomic mass is 10.2. The van der Waals surface area contributed by atoms with Crippen molar-refractivity contribution >= 4 is 26.9 Å². The SMILES string of the molecule is Nc1cc(S(=O)(=O)c2ccccc2)ccc1Nc1ccccc1. The summed E-state index contributed by atoms with van der Waals surface area (Å²) in [7, 11) is -3.56. The normalized spacial score (nSPS) is 11.1. The van der Waals surface area contributed by atoms with Crippen molar-refractivity contribution < 1.29 is 8.42 Å². The minimum absolute atomic E-state index is 0.180. The molecule has 0 heterocycles. The maximum absolute atomic E-state index is 12.6. The van der Waals surface area contributed by atoms with Crippen LogP contribution in [-0.4, -0.2) is 8.42 Å². The summed E-state index contributed by atoms with van der Waals surface area (Å²) in [6.45, 7) is 0. The highest BCUT2D eigenvalue weighted by molar-refractivity contribution is 7.91. The van der Waals surface area contributed by atoms with Crippen LogP contribution in [0.15, 0.2) is 88.7 Å². The topological polar surface area (TPSA) is 72.2 Å². The Morgan fingerprint density at radius 3 is 1.96 bits per heavy atom. The molecule has 3 aromatic rings. The third-order valence-corrected chi connectivity index (χ3v) is 5.21. The number of hydrogen-bond acceptors (Lipinski definition) is 4. The summed E-state index contributed by atoms with van der Waals surface area (Å²) in [5.41, 5.74) is 7.95. The summed E-state index contributed by atoms with van der Waals surface area (Å²) in [6, 6.07) is 22.6. The molecule has 3 aromatic carbocycles. The standard InChI is InChI=1S/C18H16N2O2S/c19-17-13-16(23(21,22)15-9-5-2-6-10-15)11-12-18(17)20-14-7-3-1-4-8-14/h1-13,20H,19H2. The van der Waals surface area contributed by atoms with Crippen LogP contribution in [0.1, 0.15) is 0 Å². The minimum atomic E-state index is -3.56. The zero-order chi connectivity index (χ0) is 16.3. The fourth-order valence-corrected chi connectivity index (χ4v) is 3.55. The van der Waals surface area contributed by atoms with Crippen LogP contribution in [0.25, 0.3) is 0 Å². The van der Waals surface area contributed by atoms with Crippen LogP contribution in [0.3, 0.4) is 0 Å². The molecule has 0 saturated heterocycles. The molecule has 0 atom stereocenters. The average Bonchev–Trinajstić information content (AvgIpc) is 2.58. The lowest BCUT2D eigenvalue weighted by Gasteiger charge is -2.11. The van der Waals surface area contributed by atoms with Gasteiger partial charge in [0.05, 0.1) is 21.2 Å². The van der Waals surface area contributed by atoms with Crippen molar-refractivity contribution in [2.24, 2.45) is 0 Å². The quantitative estimate of drug-likeness (QED) is 0.715. The molecule has 4 nitrogen and oxygen atoms in total. The first-order valence-electron chi connectivity index (χ1n) is 7.09. The van der Waals surface area contributed by atoms with Crippen LogP contribution in [0, 0.1) is 0 Å². The van der Waals surface area contributed by atoms with E-state index < -0.39 is 9.84 Å². The van der Waals surface area contributed by atoms with E-state index >= 15 is 0 Å². The molecule has 3 N–H and O–H groups in total. The predicted molar refractivity (Wildman–Crippen MR) is 92.5 cm³/mol. The smallest absolute Gasteiger partial charge is 0.206 e. The van der Waals surface area contributed by atoms with Crippen molar-refractivity contribution in [1.29, 1.82) is 0 Å². The molecule has 3 rings (SSSR count). The summed E-state index contributed by atoms with van der Waals surface area (Å²) >= 11 is 0. The predicted octanol–water partition coefficient (Wildman–Crippen LogP) is 3.85. The number of benzene rings is 3. The van der Waals surface area contributed by atoms with Gasteiger partial charge < -0.3 is 11.1 Å². The Kier molecular flexibility index (Phi) is 4.04. The molecule has 0 unspecified atom stereocenters. The number of para-hydroxylation sites is 1. The number of nitrogens with one attached hydrogen (secondary N) is 1. The van der Waals surface area contributed by atoms with Gasteiger partial charge in [-0.15, -0.1) is 0 Å². The highest BCUT2D eigenvalue weighted by atomic mass is 32.2. The number of anilines is 3. The molecule has 0 radical (unpaired) electrons. The molecular weight excluding hydrogens is 308 g/mol. The molecular formula is C18H16N2O2S. The van der Waals surface area contributed by atoms with Gasteiger partial charge in [-0.2, -0.15) is 0 Å². The molecule has 0 saturated carbocycles. The zero-order valence-electron chi connectivity index (χ0n) is 12.3. The number of nitrogens with two attached hydrogens (primary N) is 1. The van der Waals surface area contributed by atoms with E-state index in [1.54, 1.807) is 42.5 Å². The van der Waals surface area contributed by atoms with E-state index in [1.165, 1.54) is 6.07 Å². The van der Waals surface area contributed by atoms with Crippen LogP contribution < -0.4 is 11.1 Å². The van der Waals surface area contributed by atoms with E-state index in [0.29, 0.717) is 11.4 Å². The van der Waals surface area contributed by atoms with Gasteiger partial charge in [0.2, 0.25) is 9.84 Å². The first kappa shape index (κ1) is 15.1. The van der Waals surface area contributed by atoms with Gasteiger partial charge in [-0.1, -0.05) is 36.4 Å². The van der Waals surface area contributed by atoms with Crippen molar-refractivity contribution in [2.75, 3.05) is 11.1 Å². The summed E-state index contributed by atoms with van der Waals surface area (Å²) < 4.78 is 25.2. The van der Waals surface area contributed by atoms with Crippen molar-refractivity contribution in [2.45, 2.75) is 9.79 Å². The van der Waals surface area contributed by atoms with Crippen LogP contribution in [-0.2, 0) is 9.84 Å². The number of hydrogen-bond donors (Lipinski definition) is 2. The third kappa shape index (κ3) is 3.19. The van der Waals surface area contributed by atoms with E-state index in [1.807, 2.05) is 30.3 Å². The molecule has 23 heavy (non-hydrogen) atoms. The van der Waals surface area contributed by atoms with Gasteiger partial charge in [0.25, 0.3) is 0 Å². The van der Waals surface area contributed by atoms with Gasteiger partial charge in [-0.05, 0) is 42.5 Å². The Morgan fingerprint density at radius 1 is 0.739 bits per heavy atom. The molecule has 0 amide bonds. The summed E-state index contributed by atoms with van der Waals surface area (Å²) in [5.74, 6) is 0. The first-order valence-corrected chi connectivity index (χ1v) is 8.57. The largest absolute Gasteiger partial charge is 0.397 e. The summed E-state index contributed by atoms with van der Waals surface area (Å²) in [4.78, 5) is 0.433. The minimum Gasteiger partial charge on any atom is -0.397 e. The third-order valence-electron chi connectivity index (χ3n) is 3.44. The van der Waals surface area contributed by atoms with Gasteiger partial charge in [0, 0.05) is 5.69 Å². The highest BCUT2D eigenvalue weighted by Gasteiger charge is 2.18. The van der Waals surface area contributed by atoms with Crippen molar-refractivity contribution in [1.82, 2.24) is 0 Å². The number of nitrogen functional groups attached to an aromatic ring is 1. The molecule has 0 bridgehead atoms. The Hall–Kier alpha value is -2.79. The molecule has 0 fully saturated rings. The second-order valence-corrected chi connectivity index (χ2v) is 7.01. The van der Waals surface area contributed by atoms with Gasteiger partial charge in [0.1, 0.15) is 0 Å². The zero-order valence-corrected chi connectivity index (χ0v) is 13.1. The van der Waals surface area contributed by atoms with Crippen LogP contribution in [0.4, 0.5) is 17.1 Å². The maximum Gasteiger partial charge on any atom is 0.206 e. The van der Waals surface area contributed by atoms with Crippen LogP contribution >= 0.6 is 0 Å². The molecule has 0 aliphatic carbocycles. The fraction of sp³-hybridized carbons (Fsp3) is 0. The maximum atomic E-state index is 12.6. The molecule has 0 aromatic heterocycles. The van der Waals surface area contributed by atoms with Gasteiger partial charge in [-0.3, -0.25) is 0 Å². The van der Waals surface area contributed by atoms with Crippen molar-refractivity contribution in [3.05, 3.63) is 78.9 Å². The lowest BCUT2D eigenvalue weighted by Crippen LogP contribution is -2.04.